The van der Waals surface area contributed by atoms with Crippen molar-refractivity contribution in [2.45, 2.75) is 12.8 Å². The number of H-pyrrole nitrogens is 1. The summed E-state index contributed by atoms with van der Waals surface area (Å²) in [5, 5.41) is 1.16. The zero-order valence-corrected chi connectivity index (χ0v) is 10.6. The molecule has 3 N–H and O–H groups in total. The largest absolute Gasteiger partial charge is 0.399 e. The number of benzene rings is 1. The maximum absolute atomic E-state index is 5.73. The van der Waals surface area contributed by atoms with Crippen LogP contribution in [-0.2, 0) is 0 Å². The van der Waals surface area contributed by atoms with Crippen molar-refractivity contribution in [2.75, 3.05) is 12.3 Å². The standard InChI is InChI=1S/C16H15N3/c17-14-6-3-4-12(10-14)7-8-15-11-13-5-1-2-9-18-16(13)19-15/h3-6,10-11H,1-2,9,17H2,(H,18,19). The van der Waals surface area contributed by atoms with Crippen molar-refractivity contribution in [3.8, 4) is 11.8 Å². The summed E-state index contributed by atoms with van der Waals surface area (Å²) in [4.78, 5) is 7.76. The number of nitrogens with one attached hydrogen (secondary N) is 1. The first-order chi connectivity index (χ1) is 9.31. The predicted octanol–water partition coefficient (Wildman–Crippen LogP) is 1.19. The van der Waals surface area contributed by atoms with Gasteiger partial charge >= 0.3 is 0 Å². The Balaban J connectivity index is 1.96. The summed E-state index contributed by atoms with van der Waals surface area (Å²) >= 11 is 0. The lowest BCUT2D eigenvalue weighted by Crippen LogP contribution is -2.21. The molecule has 1 aliphatic heterocycles. The Morgan fingerprint density at radius 2 is 2.16 bits per heavy atom. The smallest absolute Gasteiger partial charge is 0.132 e. The molecule has 1 aromatic heterocycles. The van der Waals surface area contributed by atoms with Crippen molar-refractivity contribution in [2.24, 2.45) is 4.99 Å². The molecule has 2 aromatic rings. The molecule has 2 heterocycles. The summed E-state index contributed by atoms with van der Waals surface area (Å²) in [5.41, 5.74) is 9.24. The van der Waals surface area contributed by atoms with E-state index in [1.807, 2.05) is 24.3 Å². The van der Waals surface area contributed by atoms with Gasteiger partial charge in [-0.1, -0.05) is 18.1 Å². The first-order valence-corrected chi connectivity index (χ1v) is 6.42. The Morgan fingerprint density at radius 3 is 3.05 bits per heavy atom. The van der Waals surface area contributed by atoms with Crippen molar-refractivity contribution in [1.82, 2.24) is 4.98 Å². The fourth-order valence-electron chi connectivity index (χ4n) is 2.11. The fourth-order valence-corrected chi connectivity index (χ4v) is 2.11. The van der Waals surface area contributed by atoms with E-state index in [1.165, 1.54) is 0 Å². The van der Waals surface area contributed by atoms with Gasteiger partial charge in [0.15, 0.2) is 0 Å². The normalized spacial score (nSPS) is 13.3. The molecule has 0 atom stereocenters. The summed E-state index contributed by atoms with van der Waals surface area (Å²) in [5.74, 6) is 6.23. The van der Waals surface area contributed by atoms with Crippen LogP contribution in [0.4, 0.5) is 5.69 Å². The highest BCUT2D eigenvalue weighted by Crippen LogP contribution is 2.04. The van der Waals surface area contributed by atoms with E-state index in [1.54, 1.807) is 0 Å². The minimum absolute atomic E-state index is 0.734. The van der Waals surface area contributed by atoms with Crippen LogP contribution in [0.15, 0.2) is 35.3 Å². The highest BCUT2D eigenvalue weighted by Gasteiger charge is 1.98. The molecule has 1 aliphatic rings. The molecule has 3 rings (SSSR count). The van der Waals surface area contributed by atoms with E-state index in [-0.39, 0.29) is 0 Å². The number of nitrogen functional groups attached to an aromatic ring is 1. The van der Waals surface area contributed by atoms with Gasteiger partial charge in [0.05, 0.1) is 5.69 Å². The van der Waals surface area contributed by atoms with Gasteiger partial charge in [-0.05, 0) is 43.0 Å². The molecule has 0 radical (unpaired) electrons. The summed E-state index contributed by atoms with van der Waals surface area (Å²) in [7, 11) is 0. The number of fused-ring (bicyclic) bond motifs is 1. The number of hydrogen-bond donors (Lipinski definition) is 2. The lowest BCUT2D eigenvalue weighted by atomic mass is 10.2. The maximum atomic E-state index is 5.73. The van der Waals surface area contributed by atoms with Crippen LogP contribution < -0.4 is 16.4 Å². The third-order valence-electron chi connectivity index (χ3n) is 3.05. The minimum Gasteiger partial charge on any atom is -0.399 e. The molecule has 0 amide bonds. The molecule has 0 unspecified atom stereocenters. The predicted molar refractivity (Wildman–Crippen MR) is 77.0 cm³/mol. The zero-order chi connectivity index (χ0) is 13.1. The lowest BCUT2D eigenvalue weighted by Gasteiger charge is -1.92. The van der Waals surface area contributed by atoms with E-state index in [0.717, 1.165) is 47.0 Å². The van der Waals surface area contributed by atoms with E-state index < -0.39 is 0 Å². The van der Waals surface area contributed by atoms with E-state index in [9.17, 15) is 0 Å². The quantitative estimate of drug-likeness (QED) is 0.535. The van der Waals surface area contributed by atoms with Gasteiger partial charge in [-0.2, -0.15) is 0 Å². The van der Waals surface area contributed by atoms with E-state index >= 15 is 0 Å². The zero-order valence-electron chi connectivity index (χ0n) is 10.6. The van der Waals surface area contributed by atoms with Gasteiger partial charge in [0.25, 0.3) is 0 Å². The van der Waals surface area contributed by atoms with E-state index in [0.29, 0.717) is 0 Å². The molecule has 0 bridgehead atoms. The van der Waals surface area contributed by atoms with Crippen LogP contribution in [0, 0.1) is 11.8 Å². The van der Waals surface area contributed by atoms with Gasteiger partial charge < -0.3 is 10.7 Å². The van der Waals surface area contributed by atoms with Crippen LogP contribution >= 0.6 is 0 Å². The Bertz CT molecular complexity index is 739. The SMILES string of the molecule is Nc1cccc(C#Cc2cc3c([nH]2)=NCCCC=3)c1. The molecule has 94 valence electrons. The highest BCUT2D eigenvalue weighted by molar-refractivity contribution is 5.49. The van der Waals surface area contributed by atoms with Crippen LogP contribution in [0.25, 0.3) is 6.08 Å². The first kappa shape index (κ1) is 11.6. The van der Waals surface area contributed by atoms with Gasteiger partial charge in [-0.3, -0.25) is 4.99 Å². The van der Waals surface area contributed by atoms with Crippen molar-refractivity contribution >= 4 is 11.8 Å². The molecule has 0 aliphatic carbocycles. The number of hydrogen-bond acceptors (Lipinski definition) is 2. The molecule has 19 heavy (non-hydrogen) atoms. The van der Waals surface area contributed by atoms with Crippen LogP contribution in [0.1, 0.15) is 24.1 Å². The first-order valence-electron chi connectivity index (χ1n) is 6.42. The molecule has 0 saturated carbocycles. The van der Waals surface area contributed by atoms with Crippen LogP contribution in [0.5, 0.6) is 0 Å². The van der Waals surface area contributed by atoms with Gasteiger partial charge in [0, 0.05) is 23.0 Å². The molecular weight excluding hydrogens is 234 g/mol. The summed E-state index contributed by atoms with van der Waals surface area (Å²) in [6, 6.07) is 9.65. The number of rotatable bonds is 0. The molecule has 3 heteroatoms. The van der Waals surface area contributed by atoms with Gasteiger partial charge in [-0.25, -0.2) is 0 Å². The topological polar surface area (TPSA) is 54.2 Å². The summed E-state index contributed by atoms with van der Waals surface area (Å²) < 4.78 is 0. The number of nitrogens with two attached hydrogens (primary N) is 1. The second-order valence-corrected chi connectivity index (χ2v) is 4.59. The summed E-state index contributed by atoms with van der Waals surface area (Å²) in [6.45, 7) is 0.881. The molecule has 1 aromatic carbocycles. The monoisotopic (exact) mass is 249 g/mol. The molecule has 0 fully saturated rings. The molecular formula is C16H15N3. The van der Waals surface area contributed by atoms with Gasteiger partial charge in [-0.15, -0.1) is 0 Å². The molecule has 0 saturated heterocycles. The van der Waals surface area contributed by atoms with E-state index in [2.05, 4.69) is 34.0 Å². The number of anilines is 1. The summed E-state index contributed by atoms with van der Waals surface area (Å²) in [6.07, 6.45) is 4.41. The Morgan fingerprint density at radius 1 is 1.21 bits per heavy atom. The fraction of sp³-hybridized carbons (Fsp3) is 0.188. The third-order valence-corrected chi connectivity index (χ3v) is 3.05. The maximum Gasteiger partial charge on any atom is 0.132 e. The number of aromatic amines is 1. The third kappa shape index (κ3) is 2.69. The Hall–Kier alpha value is -2.47. The minimum atomic E-state index is 0.734. The Kier molecular flexibility index (Phi) is 3.07. The number of aromatic nitrogens is 1. The van der Waals surface area contributed by atoms with Crippen LogP contribution in [-0.4, -0.2) is 11.5 Å². The van der Waals surface area contributed by atoms with Crippen molar-refractivity contribution in [3.63, 3.8) is 0 Å². The lowest BCUT2D eigenvalue weighted by molar-refractivity contribution is 0.857. The molecule has 3 nitrogen and oxygen atoms in total. The average Bonchev–Trinajstić information content (AvgIpc) is 2.67. The Labute approximate surface area is 111 Å². The molecule has 0 spiro atoms. The average molecular weight is 249 g/mol. The second kappa shape index (κ2) is 5.03. The van der Waals surface area contributed by atoms with E-state index in [4.69, 9.17) is 5.73 Å². The van der Waals surface area contributed by atoms with Gasteiger partial charge in [0.1, 0.15) is 5.49 Å². The highest BCUT2D eigenvalue weighted by atomic mass is 14.8. The second-order valence-electron chi connectivity index (χ2n) is 4.59. The van der Waals surface area contributed by atoms with Crippen molar-refractivity contribution in [3.05, 3.63) is 52.3 Å². The van der Waals surface area contributed by atoms with Crippen molar-refractivity contribution < 1.29 is 0 Å². The van der Waals surface area contributed by atoms with Crippen molar-refractivity contribution in [1.29, 1.82) is 0 Å². The van der Waals surface area contributed by atoms with Crippen LogP contribution in [0.3, 0.4) is 0 Å². The van der Waals surface area contributed by atoms with Gasteiger partial charge in [0.2, 0.25) is 0 Å². The number of nitrogens with zero attached hydrogens (tertiary/aromatic N) is 1. The van der Waals surface area contributed by atoms with Crippen LogP contribution in [0.2, 0.25) is 0 Å².